The first-order valence-corrected chi connectivity index (χ1v) is 12.5. The van der Waals surface area contributed by atoms with Gasteiger partial charge in [-0.3, -0.25) is 4.79 Å². The third-order valence-corrected chi connectivity index (χ3v) is 7.83. The molecule has 1 aliphatic carbocycles. The zero-order valence-electron chi connectivity index (χ0n) is 20.6. The molecule has 2 N–H and O–H groups in total. The number of alkyl carbamates (subject to hydrolysis) is 1. The second-order valence-electron chi connectivity index (χ2n) is 9.62. The van der Waals surface area contributed by atoms with E-state index < -0.39 is 23.6 Å². The van der Waals surface area contributed by atoms with Crippen molar-refractivity contribution in [1.29, 1.82) is 0 Å². The number of fused-ring (bicyclic) bond motifs is 3. The Morgan fingerprint density at radius 2 is 1.69 bits per heavy atom. The van der Waals surface area contributed by atoms with Crippen molar-refractivity contribution in [3.05, 3.63) is 59.7 Å². The predicted octanol–water partition coefficient (Wildman–Crippen LogP) is 4.80. The molecule has 0 bridgehead atoms. The standard InChI is InChI=1S/C28H34N2O5/c1-4-18(3)24(25(31)30-16-10-15-28(30,5-2)26(32)33)29-27(34)35-17-23-21-13-8-6-11-19(21)20-12-7-9-14-22(20)23/h6-9,11-14,18,23-24H,4-5,10,15-17H2,1-3H3,(H,29,34)(H,32,33). The maximum absolute atomic E-state index is 13.5. The average molecular weight is 479 g/mol. The highest BCUT2D eigenvalue weighted by Gasteiger charge is 2.50. The van der Waals surface area contributed by atoms with Crippen LogP contribution in [0.25, 0.3) is 11.1 Å². The summed E-state index contributed by atoms with van der Waals surface area (Å²) in [5.74, 6) is -1.60. The van der Waals surface area contributed by atoms with E-state index in [2.05, 4.69) is 29.6 Å². The lowest BCUT2D eigenvalue weighted by Gasteiger charge is -2.37. The van der Waals surface area contributed by atoms with Crippen LogP contribution in [-0.2, 0) is 14.3 Å². The van der Waals surface area contributed by atoms with Gasteiger partial charge < -0.3 is 20.1 Å². The van der Waals surface area contributed by atoms with Crippen LogP contribution in [0.1, 0.15) is 63.5 Å². The topological polar surface area (TPSA) is 95.9 Å². The van der Waals surface area contributed by atoms with E-state index in [1.54, 1.807) is 6.92 Å². The smallest absolute Gasteiger partial charge is 0.407 e. The lowest BCUT2D eigenvalue weighted by atomic mass is 9.90. The molecule has 2 aromatic carbocycles. The van der Waals surface area contributed by atoms with E-state index in [1.807, 2.05) is 38.1 Å². The minimum Gasteiger partial charge on any atom is -0.479 e. The van der Waals surface area contributed by atoms with Crippen LogP contribution in [0, 0.1) is 5.92 Å². The van der Waals surface area contributed by atoms with Crippen LogP contribution in [-0.4, -0.2) is 52.7 Å². The van der Waals surface area contributed by atoms with Crippen LogP contribution in [0.15, 0.2) is 48.5 Å². The zero-order chi connectivity index (χ0) is 25.2. The van der Waals surface area contributed by atoms with Gasteiger partial charge in [0.25, 0.3) is 0 Å². The molecule has 0 spiro atoms. The van der Waals surface area contributed by atoms with E-state index in [9.17, 15) is 19.5 Å². The third kappa shape index (κ3) is 4.40. The van der Waals surface area contributed by atoms with Gasteiger partial charge in [-0.2, -0.15) is 0 Å². The Balaban J connectivity index is 1.49. The third-order valence-electron chi connectivity index (χ3n) is 7.83. The molecule has 186 valence electrons. The number of carbonyl (C=O) groups excluding carboxylic acids is 2. The Hall–Kier alpha value is -3.35. The molecular formula is C28H34N2O5. The van der Waals surface area contributed by atoms with Crippen LogP contribution in [0.3, 0.4) is 0 Å². The second kappa shape index (κ2) is 10.1. The van der Waals surface area contributed by atoms with Crippen molar-refractivity contribution in [3.8, 4) is 11.1 Å². The summed E-state index contributed by atoms with van der Waals surface area (Å²) in [6.45, 7) is 6.14. The molecular weight excluding hydrogens is 444 g/mol. The van der Waals surface area contributed by atoms with Gasteiger partial charge in [0.05, 0.1) is 0 Å². The number of nitrogens with one attached hydrogen (secondary N) is 1. The van der Waals surface area contributed by atoms with Crippen molar-refractivity contribution in [2.75, 3.05) is 13.2 Å². The highest BCUT2D eigenvalue weighted by atomic mass is 16.5. The molecule has 2 aromatic rings. The Morgan fingerprint density at radius 1 is 1.09 bits per heavy atom. The van der Waals surface area contributed by atoms with Crippen molar-refractivity contribution in [1.82, 2.24) is 10.2 Å². The molecule has 4 rings (SSSR count). The number of amides is 2. The van der Waals surface area contributed by atoms with Crippen LogP contribution >= 0.6 is 0 Å². The van der Waals surface area contributed by atoms with Crippen molar-refractivity contribution < 1.29 is 24.2 Å². The highest BCUT2D eigenvalue weighted by molar-refractivity contribution is 5.92. The van der Waals surface area contributed by atoms with Gasteiger partial charge in [-0.25, -0.2) is 9.59 Å². The zero-order valence-corrected chi connectivity index (χ0v) is 20.6. The maximum atomic E-state index is 13.5. The predicted molar refractivity (Wildman–Crippen MR) is 133 cm³/mol. The van der Waals surface area contributed by atoms with Gasteiger partial charge in [-0.05, 0) is 47.4 Å². The number of likely N-dealkylation sites (tertiary alicyclic amines) is 1. The fraction of sp³-hybridized carbons (Fsp3) is 0.464. The van der Waals surface area contributed by atoms with Gasteiger partial charge >= 0.3 is 12.1 Å². The summed E-state index contributed by atoms with van der Waals surface area (Å²) in [6, 6.07) is 15.4. The first kappa shape index (κ1) is 24.8. The molecule has 1 saturated heterocycles. The quantitative estimate of drug-likeness (QED) is 0.568. The molecule has 1 heterocycles. The van der Waals surface area contributed by atoms with Crippen molar-refractivity contribution >= 4 is 18.0 Å². The number of nitrogens with zero attached hydrogens (tertiary/aromatic N) is 1. The lowest BCUT2D eigenvalue weighted by Crippen LogP contribution is -2.59. The van der Waals surface area contributed by atoms with Crippen LogP contribution in [0.2, 0.25) is 0 Å². The molecule has 3 atom stereocenters. The molecule has 1 aliphatic heterocycles. The summed E-state index contributed by atoms with van der Waals surface area (Å²) >= 11 is 0. The van der Waals surface area contributed by atoms with E-state index in [-0.39, 0.29) is 24.3 Å². The summed E-state index contributed by atoms with van der Waals surface area (Å²) in [6.07, 6.45) is 1.36. The lowest BCUT2D eigenvalue weighted by molar-refractivity contribution is -0.158. The Bertz CT molecular complexity index is 1070. The van der Waals surface area contributed by atoms with Gasteiger partial charge in [0.15, 0.2) is 0 Å². The number of hydrogen-bond donors (Lipinski definition) is 2. The summed E-state index contributed by atoms with van der Waals surface area (Å²) in [4.78, 5) is 40.0. The average Bonchev–Trinajstić information content (AvgIpc) is 3.45. The molecule has 0 radical (unpaired) electrons. The summed E-state index contributed by atoms with van der Waals surface area (Å²) in [7, 11) is 0. The molecule has 3 unspecified atom stereocenters. The Kier molecular flexibility index (Phi) is 7.15. The first-order valence-electron chi connectivity index (χ1n) is 12.5. The number of hydrogen-bond acceptors (Lipinski definition) is 4. The van der Waals surface area contributed by atoms with Crippen LogP contribution in [0.4, 0.5) is 4.79 Å². The van der Waals surface area contributed by atoms with E-state index >= 15 is 0 Å². The van der Waals surface area contributed by atoms with Crippen molar-refractivity contribution in [3.63, 3.8) is 0 Å². The molecule has 7 heteroatoms. The first-order chi connectivity index (χ1) is 16.8. The van der Waals surface area contributed by atoms with Crippen molar-refractivity contribution in [2.45, 2.75) is 64.0 Å². The van der Waals surface area contributed by atoms with E-state index in [4.69, 9.17) is 4.74 Å². The highest BCUT2D eigenvalue weighted by Crippen LogP contribution is 2.44. The molecule has 35 heavy (non-hydrogen) atoms. The van der Waals surface area contributed by atoms with Crippen molar-refractivity contribution in [2.24, 2.45) is 5.92 Å². The molecule has 0 aromatic heterocycles. The van der Waals surface area contributed by atoms with E-state index in [1.165, 1.54) is 4.90 Å². The van der Waals surface area contributed by atoms with Gasteiger partial charge in [-0.1, -0.05) is 75.7 Å². The van der Waals surface area contributed by atoms with Crippen LogP contribution in [0.5, 0.6) is 0 Å². The number of carbonyl (C=O) groups is 3. The molecule has 1 fully saturated rings. The minimum absolute atomic E-state index is 0.0794. The monoisotopic (exact) mass is 478 g/mol. The molecule has 7 nitrogen and oxygen atoms in total. The largest absolute Gasteiger partial charge is 0.479 e. The van der Waals surface area contributed by atoms with Gasteiger partial charge in [0, 0.05) is 12.5 Å². The van der Waals surface area contributed by atoms with Crippen LogP contribution < -0.4 is 5.32 Å². The van der Waals surface area contributed by atoms with Gasteiger partial charge in [-0.15, -0.1) is 0 Å². The maximum Gasteiger partial charge on any atom is 0.407 e. The Labute approximate surface area is 206 Å². The van der Waals surface area contributed by atoms with Gasteiger partial charge in [0.2, 0.25) is 5.91 Å². The fourth-order valence-electron chi connectivity index (χ4n) is 5.56. The number of rotatable bonds is 8. The summed E-state index contributed by atoms with van der Waals surface area (Å²) < 4.78 is 5.67. The van der Waals surface area contributed by atoms with Gasteiger partial charge in [0.1, 0.15) is 18.2 Å². The minimum atomic E-state index is -1.22. The van der Waals surface area contributed by atoms with E-state index in [0.717, 1.165) is 22.3 Å². The summed E-state index contributed by atoms with van der Waals surface area (Å²) in [5, 5.41) is 12.7. The molecule has 2 aliphatic rings. The molecule has 2 amide bonds. The number of carboxylic acids is 1. The fourth-order valence-corrected chi connectivity index (χ4v) is 5.56. The Morgan fingerprint density at radius 3 is 2.23 bits per heavy atom. The normalized spacial score (nSPS) is 20.6. The number of aliphatic carboxylic acids is 1. The number of benzene rings is 2. The number of ether oxygens (including phenoxy) is 1. The SMILES string of the molecule is CCC(C)C(NC(=O)OCC1c2ccccc2-c2ccccc21)C(=O)N1CCCC1(CC)C(=O)O. The summed E-state index contributed by atoms with van der Waals surface area (Å²) in [5.41, 5.74) is 3.29. The second-order valence-corrected chi connectivity index (χ2v) is 9.62. The number of carboxylic acid groups (broad SMARTS) is 1. The van der Waals surface area contributed by atoms with E-state index in [0.29, 0.717) is 32.2 Å². The molecule has 0 saturated carbocycles.